The lowest BCUT2D eigenvalue weighted by atomic mass is 10.2. The van der Waals surface area contributed by atoms with Crippen LogP contribution in [-0.2, 0) is 6.54 Å². The Labute approximate surface area is 190 Å². The molecule has 8 heteroatoms. The highest BCUT2D eigenvalue weighted by Crippen LogP contribution is 2.42. The van der Waals surface area contributed by atoms with Gasteiger partial charge in [0.2, 0.25) is 0 Å². The first kappa shape index (κ1) is 20.7. The molecule has 0 radical (unpaired) electrons. The van der Waals surface area contributed by atoms with Crippen molar-refractivity contribution in [3.8, 4) is 11.5 Å². The minimum atomic E-state index is 0.144. The molecule has 2 aliphatic heterocycles. The molecular formula is C23H26ClN3O3S. The van der Waals surface area contributed by atoms with Crippen molar-refractivity contribution in [3.05, 3.63) is 51.8 Å². The lowest BCUT2D eigenvalue weighted by molar-refractivity contribution is 0.171. The summed E-state index contributed by atoms with van der Waals surface area (Å²) in [5.41, 5.74) is 1.18. The topological polar surface area (TPSA) is 46.9 Å². The molecule has 2 aromatic carbocycles. The first-order valence-corrected chi connectivity index (χ1v) is 12.0. The van der Waals surface area contributed by atoms with Crippen LogP contribution in [0.3, 0.4) is 0 Å². The number of ether oxygens (including phenoxy) is 2. The van der Waals surface area contributed by atoms with Gasteiger partial charge in [0.25, 0.3) is 5.56 Å². The van der Waals surface area contributed by atoms with Gasteiger partial charge in [0.05, 0.1) is 15.8 Å². The summed E-state index contributed by atoms with van der Waals surface area (Å²) in [5, 5.41) is 1.51. The molecule has 1 fully saturated rings. The van der Waals surface area contributed by atoms with E-state index in [2.05, 4.69) is 9.80 Å². The number of piperazine rings is 1. The lowest BCUT2D eigenvalue weighted by Gasteiger charge is -2.37. The molecular weight excluding hydrogens is 434 g/mol. The number of aryl methyl sites for hydroxylation is 1. The van der Waals surface area contributed by atoms with Gasteiger partial charge in [-0.2, -0.15) is 0 Å². The molecule has 1 aromatic heterocycles. The summed E-state index contributed by atoms with van der Waals surface area (Å²) in [4.78, 5) is 17.3. The maximum atomic E-state index is 12.5. The van der Waals surface area contributed by atoms with E-state index in [0.717, 1.165) is 79.4 Å². The van der Waals surface area contributed by atoms with Gasteiger partial charge in [0.1, 0.15) is 13.2 Å². The molecule has 0 spiro atoms. The van der Waals surface area contributed by atoms with E-state index < -0.39 is 0 Å². The third kappa shape index (κ3) is 4.40. The minimum Gasteiger partial charge on any atom is -0.486 e. The molecule has 0 amide bonds. The molecule has 2 aliphatic rings. The number of rotatable bonds is 6. The Morgan fingerprint density at radius 1 is 0.968 bits per heavy atom. The molecule has 31 heavy (non-hydrogen) atoms. The van der Waals surface area contributed by atoms with Gasteiger partial charge in [-0.3, -0.25) is 13.7 Å². The molecule has 0 bridgehead atoms. The van der Waals surface area contributed by atoms with Gasteiger partial charge in [-0.1, -0.05) is 35.3 Å². The van der Waals surface area contributed by atoms with Crippen molar-refractivity contribution in [2.75, 3.05) is 50.8 Å². The second kappa shape index (κ2) is 9.10. The van der Waals surface area contributed by atoms with Gasteiger partial charge >= 0.3 is 0 Å². The van der Waals surface area contributed by atoms with E-state index in [0.29, 0.717) is 18.2 Å². The van der Waals surface area contributed by atoms with Crippen LogP contribution < -0.4 is 19.9 Å². The summed E-state index contributed by atoms with van der Waals surface area (Å²) in [7, 11) is 0. The highest BCUT2D eigenvalue weighted by Gasteiger charge is 2.24. The Balaban J connectivity index is 1.12. The van der Waals surface area contributed by atoms with E-state index in [4.69, 9.17) is 21.1 Å². The Kier molecular flexibility index (Phi) is 6.07. The lowest BCUT2D eigenvalue weighted by Crippen LogP contribution is -2.46. The zero-order valence-electron chi connectivity index (χ0n) is 17.4. The van der Waals surface area contributed by atoms with Crippen LogP contribution in [0, 0.1) is 0 Å². The standard InChI is InChI=1S/C23H26ClN3O3S/c24-17-15-19(22-20(16-17)29-13-14-30-22)26-11-9-25(10-12-26)7-3-4-8-27-23(28)18-5-1-2-6-21(18)31-27/h1-2,5-6,15-16H,3-4,7-14H2. The van der Waals surface area contributed by atoms with Crippen molar-refractivity contribution in [3.63, 3.8) is 0 Å². The zero-order chi connectivity index (χ0) is 21.2. The van der Waals surface area contributed by atoms with Crippen LogP contribution in [0.25, 0.3) is 10.1 Å². The van der Waals surface area contributed by atoms with Crippen molar-refractivity contribution >= 4 is 38.9 Å². The van der Waals surface area contributed by atoms with Crippen LogP contribution in [0.5, 0.6) is 11.5 Å². The fraction of sp³-hybridized carbons (Fsp3) is 0.435. The average molecular weight is 460 g/mol. The quantitative estimate of drug-likeness (QED) is 0.519. The molecule has 5 rings (SSSR count). The number of hydrogen-bond donors (Lipinski definition) is 0. The molecule has 0 N–H and O–H groups in total. The summed E-state index contributed by atoms with van der Waals surface area (Å²) in [6, 6.07) is 11.7. The Hall–Kier alpha value is -2.22. The Morgan fingerprint density at radius 2 is 1.74 bits per heavy atom. The number of nitrogens with zero attached hydrogens (tertiary/aromatic N) is 3. The molecule has 3 heterocycles. The van der Waals surface area contributed by atoms with Crippen LogP contribution in [0.2, 0.25) is 5.02 Å². The second-order valence-electron chi connectivity index (χ2n) is 7.98. The molecule has 164 valence electrons. The van der Waals surface area contributed by atoms with E-state index in [-0.39, 0.29) is 5.56 Å². The Bertz CT molecular complexity index is 1120. The van der Waals surface area contributed by atoms with E-state index in [1.54, 1.807) is 11.5 Å². The smallest absolute Gasteiger partial charge is 0.268 e. The second-order valence-corrected chi connectivity index (χ2v) is 9.48. The van der Waals surface area contributed by atoms with Crippen LogP contribution in [0.4, 0.5) is 5.69 Å². The van der Waals surface area contributed by atoms with E-state index in [9.17, 15) is 4.79 Å². The summed E-state index contributed by atoms with van der Waals surface area (Å²) >= 11 is 7.88. The SMILES string of the molecule is O=c1c2ccccc2sn1CCCCN1CCN(c2cc(Cl)cc3c2OCCO3)CC1. The number of benzene rings is 2. The fourth-order valence-corrected chi connectivity index (χ4v) is 5.54. The van der Waals surface area contributed by atoms with Crippen molar-refractivity contribution in [1.29, 1.82) is 0 Å². The van der Waals surface area contributed by atoms with E-state index in [1.165, 1.54) is 0 Å². The zero-order valence-corrected chi connectivity index (χ0v) is 19.0. The predicted molar refractivity (Wildman–Crippen MR) is 126 cm³/mol. The van der Waals surface area contributed by atoms with Gasteiger partial charge in [-0.05, 0) is 37.6 Å². The van der Waals surface area contributed by atoms with Gasteiger partial charge in [-0.25, -0.2) is 0 Å². The third-order valence-corrected chi connectivity index (χ3v) is 7.28. The molecule has 1 saturated heterocycles. The Morgan fingerprint density at radius 3 is 2.58 bits per heavy atom. The minimum absolute atomic E-state index is 0.144. The summed E-state index contributed by atoms with van der Waals surface area (Å²) in [6.07, 6.45) is 2.10. The summed E-state index contributed by atoms with van der Waals surface area (Å²) in [6.45, 7) is 6.87. The number of halogens is 1. The first-order chi connectivity index (χ1) is 15.2. The van der Waals surface area contributed by atoms with Gasteiger partial charge in [0.15, 0.2) is 11.5 Å². The van der Waals surface area contributed by atoms with Crippen molar-refractivity contribution in [1.82, 2.24) is 8.86 Å². The number of fused-ring (bicyclic) bond motifs is 2. The maximum Gasteiger partial charge on any atom is 0.268 e. The van der Waals surface area contributed by atoms with Gasteiger partial charge in [0, 0.05) is 43.8 Å². The largest absolute Gasteiger partial charge is 0.486 e. The number of unbranched alkanes of at least 4 members (excludes halogenated alkanes) is 1. The fourth-order valence-electron chi connectivity index (χ4n) is 4.31. The summed E-state index contributed by atoms with van der Waals surface area (Å²) < 4.78 is 14.6. The monoisotopic (exact) mass is 459 g/mol. The number of aromatic nitrogens is 1. The van der Waals surface area contributed by atoms with Crippen LogP contribution in [-0.4, -0.2) is 54.8 Å². The van der Waals surface area contributed by atoms with Crippen molar-refractivity contribution in [2.45, 2.75) is 19.4 Å². The predicted octanol–water partition coefficient (Wildman–Crippen LogP) is 4.09. The molecule has 3 aromatic rings. The van der Waals surface area contributed by atoms with Crippen LogP contribution in [0.15, 0.2) is 41.2 Å². The maximum absolute atomic E-state index is 12.5. The molecule has 0 atom stereocenters. The molecule has 6 nitrogen and oxygen atoms in total. The molecule has 0 saturated carbocycles. The van der Waals surface area contributed by atoms with Crippen molar-refractivity contribution < 1.29 is 9.47 Å². The normalized spacial score (nSPS) is 16.7. The first-order valence-electron chi connectivity index (χ1n) is 10.8. The van der Waals surface area contributed by atoms with Crippen LogP contribution in [0.1, 0.15) is 12.8 Å². The van der Waals surface area contributed by atoms with E-state index >= 15 is 0 Å². The number of hydrogen-bond acceptors (Lipinski definition) is 6. The third-order valence-electron chi connectivity index (χ3n) is 5.94. The average Bonchev–Trinajstić information content (AvgIpc) is 3.12. The summed E-state index contributed by atoms with van der Waals surface area (Å²) in [5.74, 6) is 1.56. The molecule has 0 unspecified atom stereocenters. The van der Waals surface area contributed by atoms with Gasteiger partial charge in [-0.15, -0.1) is 0 Å². The number of anilines is 1. The van der Waals surface area contributed by atoms with Crippen molar-refractivity contribution in [2.24, 2.45) is 0 Å². The molecule has 0 aliphatic carbocycles. The van der Waals surface area contributed by atoms with Gasteiger partial charge < -0.3 is 14.4 Å². The van der Waals surface area contributed by atoms with E-state index in [1.807, 2.05) is 40.4 Å². The van der Waals surface area contributed by atoms with Crippen LogP contribution >= 0.6 is 23.1 Å². The highest BCUT2D eigenvalue weighted by atomic mass is 35.5. The highest BCUT2D eigenvalue weighted by molar-refractivity contribution is 7.13.